The van der Waals surface area contributed by atoms with Gasteiger partial charge >= 0.3 is 0 Å². The molecule has 1 aliphatic rings. The van der Waals surface area contributed by atoms with Gasteiger partial charge in [-0.1, -0.05) is 23.4 Å². The van der Waals surface area contributed by atoms with Crippen LogP contribution in [0.25, 0.3) is 0 Å². The van der Waals surface area contributed by atoms with E-state index >= 15 is 0 Å². The van der Waals surface area contributed by atoms with Gasteiger partial charge in [-0.3, -0.25) is 4.79 Å². The number of hydrogen-bond donors (Lipinski definition) is 1. The first kappa shape index (κ1) is 15.6. The third-order valence-electron chi connectivity index (χ3n) is 4.01. The van der Waals surface area contributed by atoms with E-state index in [1.54, 1.807) is 25.1 Å². The van der Waals surface area contributed by atoms with Gasteiger partial charge in [-0.25, -0.2) is 9.07 Å². The summed E-state index contributed by atoms with van der Waals surface area (Å²) in [6.07, 6.45) is 3.59. The number of rotatable bonds is 5. The van der Waals surface area contributed by atoms with Gasteiger partial charge in [-0.15, -0.1) is 5.10 Å². The fourth-order valence-corrected chi connectivity index (χ4v) is 2.63. The van der Waals surface area contributed by atoms with Crippen LogP contribution < -0.4 is 5.32 Å². The van der Waals surface area contributed by atoms with Gasteiger partial charge in [-0.05, 0) is 25.8 Å². The maximum Gasteiger partial charge on any atom is 0.273 e. The van der Waals surface area contributed by atoms with Crippen molar-refractivity contribution in [3.05, 3.63) is 47.5 Å². The molecule has 122 valence electrons. The highest BCUT2D eigenvalue weighted by Crippen LogP contribution is 2.19. The smallest absolute Gasteiger partial charge is 0.273 e. The topological polar surface area (TPSA) is 69.0 Å². The summed E-state index contributed by atoms with van der Waals surface area (Å²) in [5.74, 6) is -0.604. The second kappa shape index (κ2) is 6.87. The molecule has 0 radical (unpaired) electrons. The summed E-state index contributed by atoms with van der Waals surface area (Å²) in [4.78, 5) is 12.1. The van der Waals surface area contributed by atoms with Crippen LogP contribution in [-0.2, 0) is 4.74 Å². The molecule has 0 spiro atoms. The van der Waals surface area contributed by atoms with E-state index in [2.05, 4.69) is 15.6 Å². The summed E-state index contributed by atoms with van der Waals surface area (Å²) in [7, 11) is 0. The fourth-order valence-electron chi connectivity index (χ4n) is 2.63. The molecule has 2 aromatic rings. The maximum absolute atomic E-state index is 13.8. The highest BCUT2D eigenvalue weighted by molar-refractivity contribution is 5.91. The molecule has 0 aliphatic carbocycles. The predicted octanol–water partition coefficient (Wildman–Crippen LogP) is 1.94. The van der Waals surface area contributed by atoms with Gasteiger partial charge in [0, 0.05) is 18.7 Å². The van der Waals surface area contributed by atoms with Crippen LogP contribution in [0.4, 0.5) is 4.39 Å². The number of carbonyl (C=O) groups excluding carboxylic acids is 1. The minimum absolute atomic E-state index is 0.0753. The zero-order valence-corrected chi connectivity index (χ0v) is 12.9. The van der Waals surface area contributed by atoms with Crippen LogP contribution in [-0.4, -0.2) is 40.2 Å². The average molecular weight is 318 g/mol. The lowest BCUT2D eigenvalue weighted by Gasteiger charge is -2.12. The molecule has 1 fully saturated rings. The molecule has 1 amide bonds. The monoisotopic (exact) mass is 318 g/mol. The van der Waals surface area contributed by atoms with Crippen LogP contribution in [0, 0.1) is 5.82 Å². The maximum atomic E-state index is 13.8. The van der Waals surface area contributed by atoms with Crippen LogP contribution in [0.15, 0.2) is 30.5 Å². The van der Waals surface area contributed by atoms with Crippen LogP contribution in [0.2, 0.25) is 0 Å². The van der Waals surface area contributed by atoms with Gasteiger partial charge in [0.25, 0.3) is 5.91 Å². The number of amides is 1. The first-order valence-corrected chi connectivity index (χ1v) is 7.71. The quantitative estimate of drug-likeness (QED) is 0.914. The van der Waals surface area contributed by atoms with Gasteiger partial charge < -0.3 is 10.1 Å². The van der Waals surface area contributed by atoms with Crippen molar-refractivity contribution < 1.29 is 13.9 Å². The summed E-state index contributed by atoms with van der Waals surface area (Å²) in [5, 5.41) is 10.6. The standard InChI is InChI=1S/C16H19FN4O2/c1-11(13-6-2-3-7-14(13)17)21-10-15(19-20-21)16(22)18-9-12-5-4-8-23-12/h2-3,6-7,10-12H,4-5,8-9H2,1H3,(H,18,22)/t11-,12-/m0/s1. The minimum atomic E-state index is -0.344. The van der Waals surface area contributed by atoms with Crippen LogP contribution >= 0.6 is 0 Å². The number of benzene rings is 1. The third-order valence-corrected chi connectivity index (χ3v) is 4.01. The Kier molecular flexibility index (Phi) is 4.66. The van der Waals surface area contributed by atoms with Gasteiger partial charge in [-0.2, -0.15) is 0 Å². The molecule has 7 heteroatoms. The van der Waals surface area contributed by atoms with E-state index in [4.69, 9.17) is 4.74 Å². The molecule has 23 heavy (non-hydrogen) atoms. The molecule has 0 unspecified atom stereocenters. The van der Waals surface area contributed by atoms with Gasteiger partial charge in [0.05, 0.1) is 18.3 Å². The van der Waals surface area contributed by atoms with E-state index in [0.717, 1.165) is 19.4 Å². The lowest BCUT2D eigenvalue weighted by atomic mass is 10.1. The Bertz CT molecular complexity index is 682. The molecule has 3 rings (SSSR count). The summed E-state index contributed by atoms with van der Waals surface area (Å²) in [5.41, 5.74) is 0.718. The molecule has 1 N–H and O–H groups in total. The Morgan fingerprint density at radius 1 is 1.52 bits per heavy atom. The normalized spacial score (nSPS) is 18.8. The molecule has 1 aromatic heterocycles. The van der Waals surface area contributed by atoms with E-state index in [0.29, 0.717) is 12.1 Å². The SMILES string of the molecule is C[C@@H](c1ccccc1F)n1cc(C(=O)NC[C@@H]2CCCO2)nn1. The first-order valence-electron chi connectivity index (χ1n) is 7.71. The Hall–Kier alpha value is -2.28. The van der Waals surface area contributed by atoms with Crippen molar-refractivity contribution >= 4 is 5.91 Å². The number of carbonyl (C=O) groups is 1. The summed E-state index contributed by atoms with van der Waals surface area (Å²) in [6, 6.07) is 6.15. The van der Waals surface area contributed by atoms with E-state index in [1.165, 1.54) is 16.9 Å². The molecular formula is C16H19FN4O2. The number of hydrogen-bond acceptors (Lipinski definition) is 4. The molecule has 2 atom stereocenters. The Morgan fingerprint density at radius 2 is 2.35 bits per heavy atom. The molecule has 0 bridgehead atoms. The summed E-state index contributed by atoms with van der Waals surface area (Å²) >= 11 is 0. The van der Waals surface area contributed by atoms with E-state index in [9.17, 15) is 9.18 Å². The Labute approximate surface area is 133 Å². The zero-order valence-electron chi connectivity index (χ0n) is 12.9. The first-order chi connectivity index (χ1) is 11.1. The molecule has 0 saturated carbocycles. The van der Waals surface area contributed by atoms with Crippen molar-refractivity contribution in [2.75, 3.05) is 13.2 Å². The Morgan fingerprint density at radius 3 is 3.09 bits per heavy atom. The molecular weight excluding hydrogens is 299 g/mol. The molecule has 2 heterocycles. The average Bonchev–Trinajstić information content (AvgIpc) is 3.24. The largest absolute Gasteiger partial charge is 0.376 e. The van der Waals surface area contributed by atoms with Crippen molar-refractivity contribution in [2.45, 2.75) is 31.9 Å². The minimum Gasteiger partial charge on any atom is -0.376 e. The second-order valence-corrected chi connectivity index (χ2v) is 5.63. The van der Waals surface area contributed by atoms with Crippen molar-refractivity contribution in [1.29, 1.82) is 0 Å². The number of nitrogens with one attached hydrogen (secondary N) is 1. The van der Waals surface area contributed by atoms with Crippen molar-refractivity contribution in [3.8, 4) is 0 Å². The molecule has 1 aromatic carbocycles. The lowest BCUT2D eigenvalue weighted by Crippen LogP contribution is -2.32. The van der Waals surface area contributed by atoms with E-state index in [1.807, 2.05) is 0 Å². The van der Waals surface area contributed by atoms with Crippen LogP contribution in [0.3, 0.4) is 0 Å². The fraction of sp³-hybridized carbons (Fsp3) is 0.438. The number of aromatic nitrogens is 3. The van der Waals surface area contributed by atoms with Gasteiger partial charge in [0.2, 0.25) is 0 Å². The Balaban J connectivity index is 1.65. The second-order valence-electron chi connectivity index (χ2n) is 5.63. The van der Waals surface area contributed by atoms with Crippen LogP contribution in [0.1, 0.15) is 41.9 Å². The van der Waals surface area contributed by atoms with E-state index < -0.39 is 0 Å². The number of nitrogens with zero attached hydrogens (tertiary/aromatic N) is 3. The van der Waals surface area contributed by atoms with Gasteiger partial charge in [0.1, 0.15) is 5.82 Å². The van der Waals surface area contributed by atoms with Crippen molar-refractivity contribution in [3.63, 3.8) is 0 Å². The zero-order chi connectivity index (χ0) is 16.2. The molecule has 6 nitrogen and oxygen atoms in total. The number of ether oxygens (including phenoxy) is 1. The number of halogens is 1. The van der Waals surface area contributed by atoms with Crippen LogP contribution in [0.5, 0.6) is 0 Å². The van der Waals surface area contributed by atoms with Crippen molar-refractivity contribution in [1.82, 2.24) is 20.3 Å². The lowest BCUT2D eigenvalue weighted by molar-refractivity contribution is 0.0853. The predicted molar refractivity (Wildman–Crippen MR) is 81.5 cm³/mol. The molecule has 1 aliphatic heterocycles. The highest BCUT2D eigenvalue weighted by atomic mass is 19.1. The van der Waals surface area contributed by atoms with E-state index in [-0.39, 0.29) is 29.6 Å². The van der Waals surface area contributed by atoms with Crippen molar-refractivity contribution in [2.24, 2.45) is 0 Å². The summed E-state index contributed by atoms with van der Waals surface area (Å²) < 4.78 is 20.8. The third kappa shape index (κ3) is 3.56. The highest BCUT2D eigenvalue weighted by Gasteiger charge is 2.19. The van der Waals surface area contributed by atoms with Gasteiger partial charge in [0.15, 0.2) is 5.69 Å². The summed E-state index contributed by atoms with van der Waals surface area (Å²) in [6.45, 7) is 3.02. The molecule has 1 saturated heterocycles.